The normalized spacial score (nSPS) is 15.1. The molecule has 24 heavy (non-hydrogen) atoms. The van der Waals surface area contributed by atoms with E-state index in [9.17, 15) is 9.59 Å². The molecule has 5 nitrogen and oxygen atoms in total. The Morgan fingerprint density at radius 2 is 1.62 bits per heavy atom. The molecule has 0 aliphatic carbocycles. The molecule has 3 rings (SSSR count). The van der Waals surface area contributed by atoms with Crippen LogP contribution in [0, 0.1) is 0 Å². The highest BCUT2D eigenvalue weighted by molar-refractivity contribution is 5.89. The molecule has 1 aliphatic rings. The maximum atomic E-state index is 12.6. The van der Waals surface area contributed by atoms with Crippen molar-refractivity contribution in [1.82, 2.24) is 14.4 Å². The lowest BCUT2D eigenvalue weighted by atomic mass is 10.1. The fourth-order valence-corrected chi connectivity index (χ4v) is 3.42. The van der Waals surface area contributed by atoms with Gasteiger partial charge in [0.05, 0.1) is 6.42 Å². The molecule has 128 valence electrons. The molecular formula is C19H25N3O2. The van der Waals surface area contributed by atoms with Gasteiger partial charge in [-0.05, 0) is 18.1 Å². The SMILES string of the molecule is CCCC(=O)N1CCN(C(=O)Cc2cn(C)c3ccccc23)CC1. The van der Waals surface area contributed by atoms with Gasteiger partial charge in [0, 0.05) is 56.7 Å². The average molecular weight is 327 g/mol. The van der Waals surface area contributed by atoms with E-state index in [-0.39, 0.29) is 11.8 Å². The number of aromatic nitrogens is 1. The number of carbonyl (C=O) groups is 2. The minimum atomic E-state index is 0.147. The van der Waals surface area contributed by atoms with E-state index in [4.69, 9.17) is 0 Å². The largest absolute Gasteiger partial charge is 0.350 e. The molecule has 2 heterocycles. The Balaban J connectivity index is 1.63. The predicted molar refractivity (Wildman–Crippen MR) is 94.7 cm³/mol. The first-order chi connectivity index (χ1) is 11.6. The number of amides is 2. The van der Waals surface area contributed by atoms with Gasteiger partial charge in [-0.1, -0.05) is 25.1 Å². The van der Waals surface area contributed by atoms with E-state index in [2.05, 4.69) is 16.7 Å². The Bertz CT molecular complexity index is 742. The van der Waals surface area contributed by atoms with E-state index >= 15 is 0 Å². The Hall–Kier alpha value is -2.30. The lowest BCUT2D eigenvalue weighted by Gasteiger charge is -2.34. The zero-order valence-electron chi connectivity index (χ0n) is 14.5. The lowest BCUT2D eigenvalue weighted by molar-refractivity contribution is -0.139. The zero-order valence-corrected chi connectivity index (χ0v) is 14.5. The molecule has 0 spiro atoms. The van der Waals surface area contributed by atoms with Crippen molar-refractivity contribution in [3.8, 4) is 0 Å². The van der Waals surface area contributed by atoms with Gasteiger partial charge in [0.2, 0.25) is 11.8 Å². The first-order valence-corrected chi connectivity index (χ1v) is 8.68. The molecule has 2 aromatic rings. The van der Waals surface area contributed by atoms with Gasteiger partial charge < -0.3 is 14.4 Å². The Kier molecular flexibility index (Phi) is 4.88. The van der Waals surface area contributed by atoms with Gasteiger partial charge in [-0.15, -0.1) is 0 Å². The number of para-hydroxylation sites is 1. The van der Waals surface area contributed by atoms with Crippen LogP contribution in [0.15, 0.2) is 30.5 Å². The van der Waals surface area contributed by atoms with Crippen molar-refractivity contribution < 1.29 is 9.59 Å². The molecule has 0 atom stereocenters. The van der Waals surface area contributed by atoms with E-state index < -0.39 is 0 Å². The lowest BCUT2D eigenvalue weighted by Crippen LogP contribution is -2.50. The molecule has 1 saturated heterocycles. The molecule has 0 bridgehead atoms. The number of nitrogens with zero attached hydrogens (tertiary/aromatic N) is 3. The Morgan fingerprint density at radius 3 is 2.29 bits per heavy atom. The van der Waals surface area contributed by atoms with Crippen LogP contribution in [-0.2, 0) is 23.1 Å². The van der Waals surface area contributed by atoms with Crippen molar-refractivity contribution >= 4 is 22.7 Å². The number of fused-ring (bicyclic) bond motifs is 1. The van der Waals surface area contributed by atoms with Crippen LogP contribution in [0.1, 0.15) is 25.3 Å². The third kappa shape index (κ3) is 3.30. The monoisotopic (exact) mass is 327 g/mol. The van der Waals surface area contributed by atoms with Crippen molar-refractivity contribution in [2.75, 3.05) is 26.2 Å². The van der Waals surface area contributed by atoms with Crippen molar-refractivity contribution in [3.63, 3.8) is 0 Å². The summed E-state index contributed by atoms with van der Waals surface area (Å²) in [7, 11) is 2.01. The van der Waals surface area contributed by atoms with Crippen LogP contribution < -0.4 is 0 Å². The third-order valence-electron chi connectivity index (χ3n) is 4.77. The molecule has 5 heteroatoms. The first-order valence-electron chi connectivity index (χ1n) is 8.68. The maximum Gasteiger partial charge on any atom is 0.227 e. The summed E-state index contributed by atoms with van der Waals surface area (Å²) < 4.78 is 2.07. The number of aryl methyl sites for hydroxylation is 1. The number of rotatable bonds is 4. The molecule has 1 aromatic heterocycles. The van der Waals surface area contributed by atoms with E-state index in [1.165, 1.54) is 0 Å². The summed E-state index contributed by atoms with van der Waals surface area (Å²) in [5.74, 6) is 0.354. The molecule has 1 aromatic carbocycles. The van der Waals surface area contributed by atoms with Crippen LogP contribution in [0.4, 0.5) is 0 Å². The molecular weight excluding hydrogens is 302 g/mol. The molecule has 1 fully saturated rings. The summed E-state index contributed by atoms with van der Waals surface area (Å²) in [5, 5.41) is 1.14. The number of carbonyl (C=O) groups excluding carboxylic acids is 2. The van der Waals surface area contributed by atoms with Crippen molar-refractivity contribution in [2.24, 2.45) is 7.05 Å². The van der Waals surface area contributed by atoms with E-state index in [1.807, 2.05) is 42.1 Å². The first kappa shape index (κ1) is 16.6. The Morgan fingerprint density at radius 1 is 1.00 bits per heavy atom. The van der Waals surface area contributed by atoms with E-state index in [1.54, 1.807) is 0 Å². The summed E-state index contributed by atoms with van der Waals surface area (Å²) in [4.78, 5) is 28.3. The Labute approximate surface area is 142 Å². The van der Waals surface area contributed by atoms with Crippen molar-refractivity contribution in [2.45, 2.75) is 26.2 Å². The summed E-state index contributed by atoms with van der Waals surface area (Å²) in [6, 6.07) is 8.16. The molecule has 2 amide bonds. The minimum absolute atomic E-state index is 0.147. The molecule has 0 N–H and O–H groups in total. The molecule has 1 aliphatic heterocycles. The molecule has 0 radical (unpaired) electrons. The fourth-order valence-electron chi connectivity index (χ4n) is 3.42. The van der Waals surface area contributed by atoms with Gasteiger partial charge in [0.1, 0.15) is 0 Å². The van der Waals surface area contributed by atoms with Crippen molar-refractivity contribution in [3.05, 3.63) is 36.0 Å². The highest BCUT2D eigenvalue weighted by Crippen LogP contribution is 2.21. The maximum absolute atomic E-state index is 12.6. The molecule has 0 unspecified atom stereocenters. The molecule has 0 saturated carbocycles. The number of hydrogen-bond donors (Lipinski definition) is 0. The fraction of sp³-hybridized carbons (Fsp3) is 0.474. The van der Waals surface area contributed by atoms with Crippen LogP contribution in [0.25, 0.3) is 10.9 Å². The van der Waals surface area contributed by atoms with Gasteiger partial charge >= 0.3 is 0 Å². The second-order valence-electron chi connectivity index (χ2n) is 6.47. The quantitative estimate of drug-likeness (QED) is 0.864. The third-order valence-corrected chi connectivity index (χ3v) is 4.77. The summed E-state index contributed by atoms with van der Waals surface area (Å²) >= 11 is 0. The van der Waals surface area contributed by atoms with Gasteiger partial charge in [-0.2, -0.15) is 0 Å². The zero-order chi connectivity index (χ0) is 17.1. The van der Waals surface area contributed by atoms with Gasteiger partial charge in [-0.25, -0.2) is 0 Å². The average Bonchev–Trinajstić information content (AvgIpc) is 2.91. The van der Waals surface area contributed by atoms with Crippen LogP contribution in [0.3, 0.4) is 0 Å². The summed E-state index contributed by atoms with van der Waals surface area (Å²) in [6.45, 7) is 4.60. The van der Waals surface area contributed by atoms with Crippen LogP contribution >= 0.6 is 0 Å². The number of hydrogen-bond acceptors (Lipinski definition) is 2. The van der Waals surface area contributed by atoms with Crippen molar-refractivity contribution in [1.29, 1.82) is 0 Å². The van der Waals surface area contributed by atoms with Crippen LogP contribution in [0.5, 0.6) is 0 Å². The van der Waals surface area contributed by atoms with E-state index in [0.29, 0.717) is 39.0 Å². The topological polar surface area (TPSA) is 45.6 Å². The smallest absolute Gasteiger partial charge is 0.227 e. The number of piperazine rings is 1. The second kappa shape index (κ2) is 7.07. The van der Waals surface area contributed by atoms with Crippen LogP contribution in [-0.4, -0.2) is 52.4 Å². The highest BCUT2D eigenvalue weighted by Gasteiger charge is 2.24. The standard InChI is InChI=1S/C19H25N3O2/c1-3-6-18(23)21-9-11-22(12-10-21)19(24)13-15-14-20(2)17-8-5-4-7-16(15)17/h4-5,7-8,14H,3,6,9-13H2,1-2H3. The predicted octanol–water partition coefficient (Wildman–Crippen LogP) is 2.19. The highest BCUT2D eigenvalue weighted by atomic mass is 16.2. The second-order valence-corrected chi connectivity index (χ2v) is 6.47. The number of benzene rings is 1. The van der Waals surface area contributed by atoms with E-state index in [0.717, 1.165) is 22.9 Å². The van der Waals surface area contributed by atoms with Gasteiger partial charge in [0.25, 0.3) is 0 Å². The van der Waals surface area contributed by atoms with Gasteiger partial charge in [-0.3, -0.25) is 9.59 Å². The van der Waals surface area contributed by atoms with Crippen LogP contribution in [0.2, 0.25) is 0 Å². The summed E-state index contributed by atoms with van der Waals surface area (Å²) in [6.07, 6.45) is 3.94. The minimum Gasteiger partial charge on any atom is -0.350 e. The summed E-state index contributed by atoms with van der Waals surface area (Å²) in [5.41, 5.74) is 2.22. The van der Waals surface area contributed by atoms with Gasteiger partial charge in [0.15, 0.2) is 0 Å².